The number of benzene rings is 3. The average Bonchev–Trinajstić information content (AvgIpc) is 3.69. The van der Waals surface area contributed by atoms with Gasteiger partial charge in [0.25, 0.3) is 0 Å². The number of fused-ring (bicyclic) bond motifs is 1. The molecule has 2 aliphatic heterocycles. The van der Waals surface area contributed by atoms with Gasteiger partial charge in [0.05, 0.1) is 0 Å². The van der Waals surface area contributed by atoms with Crippen molar-refractivity contribution >= 4 is 34.3 Å². The summed E-state index contributed by atoms with van der Waals surface area (Å²) in [5.74, 6) is -1.25. The van der Waals surface area contributed by atoms with Crippen LogP contribution in [-0.2, 0) is 19.1 Å². The summed E-state index contributed by atoms with van der Waals surface area (Å²) in [6.45, 7) is 1.03. The summed E-state index contributed by atoms with van der Waals surface area (Å²) in [6.07, 6.45) is 3.33. The van der Waals surface area contributed by atoms with Gasteiger partial charge in [-0.25, -0.2) is 0 Å². The maximum Gasteiger partial charge on any atom is 0.323 e. The second-order valence-electron chi connectivity index (χ2n) is 9.71. The second-order valence-corrected chi connectivity index (χ2v) is 9.71. The Morgan fingerprint density at radius 1 is 0.632 bits per heavy atom. The van der Waals surface area contributed by atoms with Gasteiger partial charge in [-0.05, 0) is 72.8 Å². The molecule has 2 fully saturated rings. The van der Waals surface area contributed by atoms with Crippen molar-refractivity contribution in [1.82, 2.24) is 10.6 Å². The largest absolute Gasteiger partial charge is 0.456 e. The van der Waals surface area contributed by atoms with Crippen molar-refractivity contribution in [1.29, 1.82) is 0 Å². The van der Waals surface area contributed by atoms with Crippen LogP contribution >= 0.6 is 0 Å². The van der Waals surface area contributed by atoms with E-state index in [1.54, 1.807) is 24.3 Å². The molecule has 0 radical (unpaired) electrons. The fraction of sp³-hybridized carbons (Fsp3) is 0.333. The molecule has 0 aromatic heterocycles. The summed E-state index contributed by atoms with van der Waals surface area (Å²) < 4.78 is 10.4. The van der Waals surface area contributed by atoms with Crippen molar-refractivity contribution in [2.45, 2.75) is 37.8 Å². The third-order valence-corrected chi connectivity index (χ3v) is 7.08. The van der Waals surface area contributed by atoms with Gasteiger partial charge < -0.3 is 20.1 Å². The van der Waals surface area contributed by atoms with Crippen LogP contribution in [0.25, 0.3) is 21.9 Å². The normalized spacial score (nSPS) is 18.8. The van der Waals surface area contributed by atoms with Crippen LogP contribution in [-0.4, -0.2) is 61.9 Å². The molecule has 2 aliphatic rings. The molecule has 0 aliphatic carbocycles. The molecular formula is C30H30N2O6. The Balaban J connectivity index is 1.19. The van der Waals surface area contributed by atoms with Gasteiger partial charge in [-0.15, -0.1) is 0 Å². The molecule has 8 heteroatoms. The minimum absolute atomic E-state index is 0.243. The fourth-order valence-electron chi connectivity index (χ4n) is 4.86. The maximum absolute atomic E-state index is 12.6. The Hall–Kier alpha value is -3.88. The average molecular weight is 515 g/mol. The first-order valence-electron chi connectivity index (χ1n) is 13.0. The van der Waals surface area contributed by atoms with Crippen molar-refractivity contribution in [3.8, 4) is 11.1 Å². The molecule has 3 aromatic rings. The number of carbonyl (C=O) groups is 4. The Bertz CT molecular complexity index is 1350. The van der Waals surface area contributed by atoms with Crippen molar-refractivity contribution < 1.29 is 28.7 Å². The molecule has 0 saturated carbocycles. The lowest BCUT2D eigenvalue weighted by Gasteiger charge is -2.11. The number of carbonyl (C=O) groups excluding carboxylic acids is 4. The highest BCUT2D eigenvalue weighted by molar-refractivity contribution is 6.02. The maximum atomic E-state index is 12.6. The zero-order chi connectivity index (χ0) is 26.5. The number of Topliss-reactive ketones (excluding diaryl/α,β-unsaturated/α-hetero) is 2. The first kappa shape index (κ1) is 25.8. The molecule has 0 unspecified atom stereocenters. The number of esters is 2. The van der Waals surface area contributed by atoms with E-state index in [1.807, 2.05) is 36.4 Å². The van der Waals surface area contributed by atoms with Gasteiger partial charge in [-0.2, -0.15) is 0 Å². The lowest BCUT2D eigenvalue weighted by Crippen LogP contribution is -2.33. The lowest BCUT2D eigenvalue weighted by atomic mass is 9.98. The molecule has 2 atom stereocenters. The van der Waals surface area contributed by atoms with E-state index in [0.29, 0.717) is 11.1 Å². The first-order valence-corrected chi connectivity index (χ1v) is 13.0. The predicted molar refractivity (Wildman–Crippen MR) is 142 cm³/mol. The van der Waals surface area contributed by atoms with Gasteiger partial charge in [0, 0.05) is 11.1 Å². The molecule has 0 bridgehead atoms. The molecular weight excluding hydrogens is 484 g/mol. The van der Waals surface area contributed by atoms with Crippen molar-refractivity contribution in [3.05, 3.63) is 71.8 Å². The highest BCUT2D eigenvalue weighted by Crippen LogP contribution is 2.26. The molecule has 8 nitrogen and oxygen atoms in total. The smallest absolute Gasteiger partial charge is 0.323 e. The zero-order valence-corrected chi connectivity index (χ0v) is 21.0. The fourth-order valence-corrected chi connectivity index (χ4v) is 4.86. The van der Waals surface area contributed by atoms with Crippen LogP contribution in [0, 0.1) is 0 Å². The van der Waals surface area contributed by atoms with Gasteiger partial charge >= 0.3 is 11.9 Å². The third kappa shape index (κ3) is 5.98. The van der Waals surface area contributed by atoms with Crippen LogP contribution in [0.15, 0.2) is 60.7 Å². The number of hydrogen-bond acceptors (Lipinski definition) is 8. The highest BCUT2D eigenvalue weighted by Gasteiger charge is 2.25. The van der Waals surface area contributed by atoms with E-state index in [1.165, 1.54) is 0 Å². The number of ether oxygens (including phenoxy) is 2. The standard InChI is InChI=1S/C30H30N2O6/c33-27(17-37-29(35)25-3-1-13-31-25)20-7-5-19(6-8-20)21-9-10-23-16-24(12-11-22(23)15-21)28(34)18-38-30(36)26-4-2-14-32-26/h5-12,15-16,25-26,31-32H,1-4,13-14,17-18H2/t25-,26-/m0/s1. The van der Waals surface area contributed by atoms with Gasteiger partial charge in [-0.3, -0.25) is 19.2 Å². The summed E-state index contributed by atoms with van der Waals surface area (Å²) in [4.78, 5) is 49.1. The first-order chi connectivity index (χ1) is 18.5. The summed E-state index contributed by atoms with van der Waals surface area (Å²) in [5.41, 5.74) is 2.87. The van der Waals surface area contributed by atoms with E-state index in [9.17, 15) is 19.2 Å². The van der Waals surface area contributed by atoms with E-state index in [-0.39, 0.29) is 48.8 Å². The van der Waals surface area contributed by atoms with E-state index in [2.05, 4.69) is 10.6 Å². The van der Waals surface area contributed by atoms with Gasteiger partial charge in [0.15, 0.2) is 24.8 Å². The summed E-state index contributed by atoms with van der Waals surface area (Å²) in [7, 11) is 0. The van der Waals surface area contributed by atoms with Crippen LogP contribution in [0.1, 0.15) is 46.4 Å². The molecule has 2 heterocycles. The number of ketones is 2. The van der Waals surface area contributed by atoms with Gasteiger partial charge in [-0.1, -0.05) is 48.5 Å². The number of rotatable bonds is 9. The van der Waals surface area contributed by atoms with Crippen molar-refractivity contribution in [2.24, 2.45) is 0 Å². The topological polar surface area (TPSA) is 111 Å². The molecule has 3 aromatic carbocycles. The zero-order valence-electron chi connectivity index (χ0n) is 21.0. The number of nitrogens with one attached hydrogen (secondary N) is 2. The SMILES string of the molecule is O=C(COC(=O)[C@@H]1CCCN1)c1ccc(-c2ccc3cc(C(=O)COC(=O)[C@@H]4CCCN4)ccc3c2)cc1. The summed E-state index contributed by atoms with van der Waals surface area (Å²) in [5, 5.41) is 7.99. The van der Waals surface area contributed by atoms with E-state index >= 15 is 0 Å². The Morgan fingerprint density at radius 3 is 1.71 bits per heavy atom. The molecule has 38 heavy (non-hydrogen) atoms. The Morgan fingerprint density at radius 2 is 1.13 bits per heavy atom. The molecule has 2 N–H and O–H groups in total. The van der Waals surface area contributed by atoms with Crippen LogP contribution in [0.5, 0.6) is 0 Å². The third-order valence-electron chi connectivity index (χ3n) is 7.08. The molecule has 2 saturated heterocycles. The quantitative estimate of drug-likeness (QED) is 0.330. The van der Waals surface area contributed by atoms with E-state index < -0.39 is 0 Å². The molecule has 0 amide bonds. The van der Waals surface area contributed by atoms with Gasteiger partial charge in [0.2, 0.25) is 0 Å². The predicted octanol–water partition coefficient (Wildman–Crippen LogP) is 3.46. The lowest BCUT2D eigenvalue weighted by molar-refractivity contribution is -0.145. The monoisotopic (exact) mass is 514 g/mol. The summed E-state index contributed by atoms with van der Waals surface area (Å²) in [6, 6.07) is 17.9. The van der Waals surface area contributed by atoms with Crippen LogP contribution in [0.3, 0.4) is 0 Å². The molecule has 0 spiro atoms. The Kier molecular flexibility index (Phi) is 7.91. The summed E-state index contributed by atoms with van der Waals surface area (Å²) >= 11 is 0. The second kappa shape index (κ2) is 11.7. The Labute approximate surface area is 220 Å². The van der Waals surface area contributed by atoms with Crippen molar-refractivity contribution in [2.75, 3.05) is 26.3 Å². The van der Waals surface area contributed by atoms with Gasteiger partial charge in [0.1, 0.15) is 12.1 Å². The molecule has 196 valence electrons. The van der Waals surface area contributed by atoms with Crippen LogP contribution in [0.2, 0.25) is 0 Å². The minimum Gasteiger partial charge on any atom is -0.456 e. The van der Waals surface area contributed by atoms with E-state index in [4.69, 9.17) is 9.47 Å². The van der Waals surface area contributed by atoms with Crippen LogP contribution < -0.4 is 10.6 Å². The van der Waals surface area contributed by atoms with Crippen LogP contribution in [0.4, 0.5) is 0 Å². The molecule has 5 rings (SSSR count). The highest BCUT2D eigenvalue weighted by atomic mass is 16.5. The minimum atomic E-state index is -0.379. The van der Waals surface area contributed by atoms with Crippen molar-refractivity contribution in [3.63, 3.8) is 0 Å². The number of hydrogen-bond donors (Lipinski definition) is 2. The van der Waals surface area contributed by atoms with E-state index in [0.717, 1.165) is 60.7 Å².